The van der Waals surface area contributed by atoms with Crippen molar-refractivity contribution in [1.82, 2.24) is 20.1 Å². The van der Waals surface area contributed by atoms with Crippen LogP contribution in [0.5, 0.6) is 0 Å². The van der Waals surface area contributed by atoms with Crippen LogP contribution in [0.4, 0.5) is 11.6 Å². The molecule has 0 amide bonds. The maximum atomic E-state index is 5.39. The van der Waals surface area contributed by atoms with Crippen molar-refractivity contribution in [2.24, 2.45) is 5.84 Å². The molecule has 96 valence electrons. The highest BCUT2D eigenvalue weighted by atomic mass is 16.5. The Morgan fingerprint density at radius 1 is 1.06 bits per heavy atom. The molecule has 0 aliphatic heterocycles. The molecule has 0 aliphatic rings. The maximum absolute atomic E-state index is 5.39. The molecule has 2 aromatic rings. The predicted octanol–water partition coefficient (Wildman–Crippen LogP) is 0.683. The van der Waals surface area contributed by atoms with Gasteiger partial charge in [-0.05, 0) is 20.8 Å². The molecule has 8 heteroatoms. The summed E-state index contributed by atoms with van der Waals surface area (Å²) in [4.78, 5) is 12.6. The number of anilines is 2. The Hall–Kier alpha value is -2.22. The maximum Gasteiger partial charge on any atom is 0.245 e. The van der Waals surface area contributed by atoms with Gasteiger partial charge in [0.1, 0.15) is 17.5 Å². The predicted molar refractivity (Wildman–Crippen MR) is 65.7 cm³/mol. The first-order valence-corrected chi connectivity index (χ1v) is 5.45. The molecule has 2 rings (SSSR count). The molecule has 18 heavy (non-hydrogen) atoms. The van der Waals surface area contributed by atoms with E-state index in [-0.39, 0.29) is 0 Å². The lowest BCUT2D eigenvalue weighted by Crippen LogP contribution is -2.14. The fourth-order valence-electron chi connectivity index (χ4n) is 1.51. The molecule has 0 bridgehead atoms. The van der Waals surface area contributed by atoms with Crippen LogP contribution >= 0.6 is 0 Å². The molecule has 8 nitrogen and oxygen atoms in total. The summed E-state index contributed by atoms with van der Waals surface area (Å²) >= 11 is 0. The van der Waals surface area contributed by atoms with E-state index in [9.17, 15) is 0 Å². The molecule has 0 aromatic carbocycles. The average molecular weight is 249 g/mol. The lowest BCUT2D eigenvalue weighted by Gasteiger charge is -2.11. The minimum atomic E-state index is 0.405. The topological polar surface area (TPSA) is 115 Å². The second kappa shape index (κ2) is 4.96. The zero-order valence-corrected chi connectivity index (χ0v) is 10.5. The van der Waals surface area contributed by atoms with Crippen molar-refractivity contribution in [3.63, 3.8) is 0 Å². The largest absolute Gasteiger partial charge is 0.361 e. The quantitative estimate of drug-likeness (QED) is 0.535. The number of nitrogens with one attached hydrogen (secondary N) is 2. The van der Waals surface area contributed by atoms with E-state index in [1.165, 1.54) is 0 Å². The minimum absolute atomic E-state index is 0.405. The molecule has 0 saturated heterocycles. The van der Waals surface area contributed by atoms with Gasteiger partial charge in [0, 0.05) is 5.56 Å². The number of rotatable bonds is 4. The van der Waals surface area contributed by atoms with Gasteiger partial charge in [0.2, 0.25) is 5.89 Å². The smallest absolute Gasteiger partial charge is 0.245 e. The van der Waals surface area contributed by atoms with Gasteiger partial charge in [-0.3, -0.25) is 0 Å². The van der Waals surface area contributed by atoms with Gasteiger partial charge in [0.25, 0.3) is 0 Å². The zero-order chi connectivity index (χ0) is 13.1. The average Bonchev–Trinajstić information content (AvgIpc) is 2.75. The van der Waals surface area contributed by atoms with E-state index in [1.807, 2.05) is 6.92 Å². The van der Waals surface area contributed by atoms with Crippen molar-refractivity contribution in [2.45, 2.75) is 27.3 Å². The zero-order valence-electron chi connectivity index (χ0n) is 10.5. The van der Waals surface area contributed by atoms with E-state index in [1.54, 1.807) is 13.8 Å². The van der Waals surface area contributed by atoms with Crippen LogP contribution < -0.4 is 16.6 Å². The molecule has 0 aliphatic carbocycles. The van der Waals surface area contributed by atoms with Gasteiger partial charge in [-0.2, -0.15) is 4.98 Å². The summed E-state index contributed by atoms with van der Waals surface area (Å²) in [6, 6.07) is 0. The number of aromatic nitrogens is 4. The molecular weight excluding hydrogens is 234 g/mol. The summed E-state index contributed by atoms with van der Waals surface area (Å²) in [5, 5.41) is 6.83. The van der Waals surface area contributed by atoms with E-state index in [4.69, 9.17) is 10.4 Å². The third kappa shape index (κ3) is 2.54. The highest BCUT2D eigenvalue weighted by molar-refractivity contribution is 5.56. The molecule has 0 saturated carbocycles. The second-order valence-electron chi connectivity index (χ2n) is 3.83. The number of nitrogen functional groups attached to an aromatic ring is 1. The first-order valence-electron chi connectivity index (χ1n) is 5.45. The summed E-state index contributed by atoms with van der Waals surface area (Å²) in [6.07, 6.45) is 0. The van der Waals surface area contributed by atoms with Crippen LogP contribution in [0.25, 0.3) is 0 Å². The Morgan fingerprint density at radius 2 is 1.78 bits per heavy atom. The van der Waals surface area contributed by atoms with Crippen molar-refractivity contribution in [3.05, 3.63) is 23.1 Å². The highest BCUT2D eigenvalue weighted by Crippen LogP contribution is 2.19. The van der Waals surface area contributed by atoms with Crippen LogP contribution in [0.3, 0.4) is 0 Å². The summed E-state index contributed by atoms with van der Waals surface area (Å²) in [5.41, 5.74) is 3.37. The van der Waals surface area contributed by atoms with Crippen LogP contribution in [0.1, 0.15) is 23.1 Å². The van der Waals surface area contributed by atoms with Crippen LogP contribution in [-0.2, 0) is 6.54 Å². The van der Waals surface area contributed by atoms with Crippen molar-refractivity contribution in [2.75, 3.05) is 10.7 Å². The molecule has 0 fully saturated rings. The first kappa shape index (κ1) is 12.2. The van der Waals surface area contributed by atoms with Crippen molar-refractivity contribution >= 4 is 11.6 Å². The number of hydrogen-bond acceptors (Lipinski definition) is 8. The first-order chi connectivity index (χ1) is 8.60. The number of hydrogen-bond donors (Lipinski definition) is 3. The third-order valence-corrected chi connectivity index (χ3v) is 2.37. The summed E-state index contributed by atoms with van der Waals surface area (Å²) in [5.74, 6) is 8.40. The Kier molecular flexibility index (Phi) is 3.38. The van der Waals surface area contributed by atoms with Gasteiger partial charge in [0.15, 0.2) is 5.82 Å². The molecule has 0 spiro atoms. The van der Waals surface area contributed by atoms with E-state index in [0.717, 1.165) is 5.56 Å². The Labute approximate surface area is 104 Å². The van der Waals surface area contributed by atoms with Crippen LogP contribution in [0.2, 0.25) is 0 Å². The molecule has 0 unspecified atom stereocenters. The highest BCUT2D eigenvalue weighted by Gasteiger charge is 2.09. The fourth-order valence-corrected chi connectivity index (χ4v) is 1.51. The molecule has 0 radical (unpaired) electrons. The van der Waals surface area contributed by atoms with Crippen LogP contribution in [-0.4, -0.2) is 20.1 Å². The number of nitrogens with zero attached hydrogens (tertiary/aromatic N) is 4. The molecule has 2 aromatic heterocycles. The SMILES string of the molecule is Cc1noc(CNc2nc(C)nc(NN)c2C)n1. The fraction of sp³-hybridized carbons (Fsp3) is 0.400. The summed E-state index contributed by atoms with van der Waals surface area (Å²) in [6.45, 7) is 5.84. The van der Waals surface area contributed by atoms with Gasteiger partial charge in [0.05, 0.1) is 6.54 Å². The van der Waals surface area contributed by atoms with Gasteiger partial charge in [-0.1, -0.05) is 5.16 Å². The number of aryl methyl sites for hydroxylation is 2. The molecule has 0 atom stereocenters. The minimum Gasteiger partial charge on any atom is -0.361 e. The Balaban J connectivity index is 2.16. The van der Waals surface area contributed by atoms with Crippen molar-refractivity contribution in [1.29, 1.82) is 0 Å². The van der Waals surface area contributed by atoms with Crippen molar-refractivity contribution in [3.8, 4) is 0 Å². The van der Waals surface area contributed by atoms with Crippen LogP contribution in [0.15, 0.2) is 4.52 Å². The number of hydrazine groups is 1. The van der Waals surface area contributed by atoms with E-state index in [2.05, 4.69) is 30.9 Å². The lowest BCUT2D eigenvalue weighted by atomic mass is 10.3. The number of nitrogens with two attached hydrogens (primary N) is 1. The van der Waals surface area contributed by atoms with Gasteiger partial charge in [-0.25, -0.2) is 15.8 Å². The van der Waals surface area contributed by atoms with Crippen molar-refractivity contribution < 1.29 is 4.52 Å². The van der Waals surface area contributed by atoms with Gasteiger partial charge >= 0.3 is 0 Å². The monoisotopic (exact) mass is 249 g/mol. The van der Waals surface area contributed by atoms with Crippen LogP contribution in [0, 0.1) is 20.8 Å². The van der Waals surface area contributed by atoms with Gasteiger partial charge < -0.3 is 15.3 Å². The Morgan fingerprint density at radius 3 is 2.39 bits per heavy atom. The third-order valence-electron chi connectivity index (χ3n) is 2.37. The summed E-state index contributed by atoms with van der Waals surface area (Å²) < 4.78 is 5.01. The van der Waals surface area contributed by atoms with Gasteiger partial charge in [-0.15, -0.1) is 0 Å². The van der Waals surface area contributed by atoms with E-state index in [0.29, 0.717) is 35.7 Å². The normalized spacial score (nSPS) is 10.4. The van der Waals surface area contributed by atoms with E-state index < -0.39 is 0 Å². The Bertz CT molecular complexity index is 551. The second-order valence-corrected chi connectivity index (χ2v) is 3.83. The van der Waals surface area contributed by atoms with E-state index >= 15 is 0 Å². The lowest BCUT2D eigenvalue weighted by molar-refractivity contribution is 0.379. The molecule has 2 heterocycles. The standard InChI is InChI=1S/C10H15N7O/c1-5-9(14-6(2)15-10(5)16-11)12-4-8-13-7(3)17-18-8/h4,11H2,1-3H3,(H2,12,14,15,16). The molecule has 4 N–H and O–H groups in total. The summed E-state index contributed by atoms with van der Waals surface area (Å²) in [7, 11) is 0. The molecular formula is C10H15N7O.